The average molecular weight is 316 g/mol. The number of hydrogen-bond donors (Lipinski definition) is 1. The molecule has 0 bridgehead atoms. The Balaban J connectivity index is 1.60. The van der Waals surface area contributed by atoms with Gasteiger partial charge in [-0.15, -0.1) is 0 Å². The van der Waals surface area contributed by atoms with Crippen LogP contribution in [-0.2, 0) is 17.8 Å². The number of rotatable bonds is 5. The summed E-state index contributed by atoms with van der Waals surface area (Å²) in [5.41, 5.74) is 2.93. The third-order valence-corrected chi connectivity index (χ3v) is 5.69. The van der Waals surface area contributed by atoms with Gasteiger partial charge in [-0.3, -0.25) is 4.90 Å². The van der Waals surface area contributed by atoms with Gasteiger partial charge < -0.3 is 10.1 Å². The van der Waals surface area contributed by atoms with E-state index in [1.165, 1.54) is 30.4 Å². The lowest BCUT2D eigenvalue weighted by molar-refractivity contribution is 0.0340. The first-order chi connectivity index (χ1) is 11.2. The lowest BCUT2D eigenvalue weighted by atomic mass is 9.78. The van der Waals surface area contributed by atoms with Crippen molar-refractivity contribution in [2.24, 2.45) is 11.8 Å². The lowest BCUT2D eigenvalue weighted by Gasteiger charge is -2.35. The first-order valence-electron chi connectivity index (χ1n) is 9.34. The number of ether oxygens (including phenoxy) is 1. The molecule has 1 saturated heterocycles. The topological polar surface area (TPSA) is 24.5 Å². The molecule has 23 heavy (non-hydrogen) atoms. The molecule has 0 aromatic heterocycles. The van der Waals surface area contributed by atoms with E-state index in [1.807, 2.05) is 0 Å². The molecule has 1 aromatic carbocycles. The van der Waals surface area contributed by atoms with Crippen molar-refractivity contribution in [3.8, 4) is 0 Å². The highest BCUT2D eigenvalue weighted by molar-refractivity contribution is 5.27. The third kappa shape index (κ3) is 4.56. The molecule has 2 unspecified atom stereocenters. The molecule has 1 aromatic rings. The second-order valence-electron chi connectivity index (χ2n) is 7.45. The summed E-state index contributed by atoms with van der Waals surface area (Å²) in [5.74, 6) is 1.59. The summed E-state index contributed by atoms with van der Waals surface area (Å²) in [6.07, 6.45) is 4.14. The van der Waals surface area contributed by atoms with Gasteiger partial charge in [0, 0.05) is 32.2 Å². The summed E-state index contributed by atoms with van der Waals surface area (Å²) in [4.78, 5) is 2.51. The van der Waals surface area contributed by atoms with E-state index in [0.717, 1.165) is 51.2 Å². The van der Waals surface area contributed by atoms with Gasteiger partial charge in [0.2, 0.25) is 0 Å². The van der Waals surface area contributed by atoms with E-state index < -0.39 is 0 Å². The monoisotopic (exact) mass is 316 g/mol. The SMILES string of the molecule is CC1CCCC(C)C1NCc1ccccc1CN1CCOCC1. The zero-order valence-electron chi connectivity index (χ0n) is 14.8. The Bertz CT molecular complexity index is 474. The first-order valence-corrected chi connectivity index (χ1v) is 9.34. The van der Waals surface area contributed by atoms with Gasteiger partial charge in [-0.05, 0) is 35.8 Å². The molecule has 1 aliphatic carbocycles. The molecular formula is C20H32N2O. The maximum atomic E-state index is 5.46. The van der Waals surface area contributed by atoms with E-state index >= 15 is 0 Å². The first kappa shape index (κ1) is 16.9. The van der Waals surface area contributed by atoms with Crippen LogP contribution in [0.5, 0.6) is 0 Å². The number of hydrogen-bond acceptors (Lipinski definition) is 3. The molecule has 128 valence electrons. The van der Waals surface area contributed by atoms with Gasteiger partial charge >= 0.3 is 0 Å². The van der Waals surface area contributed by atoms with Crippen molar-refractivity contribution in [3.63, 3.8) is 0 Å². The zero-order chi connectivity index (χ0) is 16.1. The van der Waals surface area contributed by atoms with Gasteiger partial charge in [0.1, 0.15) is 0 Å². The average Bonchev–Trinajstić information content (AvgIpc) is 2.57. The largest absolute Gasteiger partial charge is 0.379 e. The zero-order valence-corrected chi connectivity index (χ0v) is 14.8. The maximum Gasteiger partial charge on any atom is 0.0594 e. The molecule has 3 nitrogen and oxygen atoms in total. The number of nitrogens with zero attached hydrogens (tertiary/aromatic N) is 1. The Kier molecular flexibility index (Phi) is 6.09. The Hall–Kier alpha value is -0.900. The molecule has 1 saturated carbocycles. The number of morpholine rings is 1. The molecule has 0 spiro atoms. The van der Waals surface area contributed by atoms with Crippen LogP contribution in [0.3, 0.4) is 0 Å². The van der Waals surface area contributed by atoms with E-state index in [-0.39, 0.29) is 0 Å². The van der Waals surface area contributed by atoms with Crippen molar-refractivity contribution in [1.29, 1.82) is 0 Å². The standard InChI is InChI=1S/C20H32N2O/c1-16-6-5-7-17(2)20(16)21-14-18-8-3-4-9-19(18)15-22-10-12-23-13-11-22/h3-4,8-9,16-17,20-21H,5-7,10-15H2,1-2H3. The third-order valence-electron chi connectivity index (χ3n) is 5.69. The van der Waals surface area contributed by atoms with Gasteiger partial charge in [-0.25, -0.2) is 0 Å². The van der Waals surface area contributed by atoms with Gasteiger partial charge in [0.05, 0.1) is 13.2 Å². The molecule has 2 atom stereocenters. The van der Waals surface area contributed by atoms with Gasteiger partial charge in [-0.1, -0.05) is 44.5 Å². The fraction of sp³-hybridized carbons (Fsp3) is 0.700. The normalized spacial score (nSPS) is 29.6. The van der Waals surface area contributed by atoms with Crippen LogP contribution in [-0.4, -0.2) is 37.2 Å². The van der Waals surface area contributed by atoms with Gasteiger partial charge in [-0.2, -0.15) is 0 Å². The summed E-state index contributed by atoms with van der Waals surface area (Å²) >= 11 is 0. The second kappa shape index (κ2) is 8.27. The minimum absolute atomic E-state index is 0.667. The fourth-order valence-electron chi connectivity index (χ4n) is 4.20. The Morgan fingerprint density at radius 2 is 1.70 bits per heavy atom. The van der Waals surface area contributed by atoms with Crippen LogP contribution in [0.4, 0.5) is 0 Å². The van der Waals surface area contributed by atoms with Crippen LogP contribution in [0.15, 0.2) is 24.3 Å². The van der Waals surface area contributed by atoms with Crippen molar-refractivity contribution in [2.45, 2.75) is 52.2 Å². The Morgan fingerprint density at radius 1 is 1.04 bits per heavy atom. The lowest BCUT2D eigenvalue weighted by Crippen LogP contribution is -2.42. The van der Waals surface area contributed by atoms with Crippen molar-refractivity contribution in [3.05, 3.63) is 35.4 Å². The van der Waals surface area contributed by atoms with Crippen molar-refractivity contribution in [2.75, 3.05) is 26.3 Å². The molecule has 1 heterocycles. The molecule has 2 fully saturated rings. The predicted molar refractivity (Wildman–Crippen MR) is 95.3 cm³/mol. The fourth-order valence-corrected chi connectivity index (χ4v) is 4.20. The van der Waals surface area contributed by atoms with Gasteiger partial charge in [0.15, 0.2) is 0 Å². The van der Waals surface area contributed by atoms with Crippen LogP contribution in [0.1, 0.15) is 44.2 Å². The van der Waals surface area contributed by atoms with Crippen LogP contribution in [0, 0.1) is 11.8 Å². The summed E-state index contributed by atoms with van der Waals surface area (Å²) in [7, 11) is 0. The minimum atomic E-state index is 0.667. The molecule has 1 N–H and O–H groups in total. The Labute approximate surface area is 141 Å². The molecule has 3 heteroatoms. The smallest absolute Gasteiger partial charge is 0.0594 e. The van der Waals surface area contributed by atoms with E-state index in [0.29, 0.717) is 6.04 Å². The van der Waals surface area contributed by atoms with E-state index in [1.54, 1.807) is 0 Å². The van der Waals surface area contributed by atoms with E-state index in [2.05, 4.69) is 48.3 Å². The number of benzene rings is 1. The molecule has 3 rings (SSSR count). The molecule has 0 radical (unpaired) electrons. The van der Waals surface area contributed by atoms with Crippen LogP contribution < -0.4 is 5.32 Å². The quantitative estimate of drug-likeness (QED) is 0.900. The van der Waals surface area contributed by atoms with Crippen molar-refractivity contribution < 1.29 is 4.74 Å². The summed E-state index contributed by atoms with van der Waals surface area (Å²) < 4.78 is 5.46. The maximum absolute atomic E-state index is 5.46. The Morgan fingerprint density at radius 3 is 2.39 bits per heavy atom. The van der Waals surface area contributed by atoms with Crippen LogP contribution in [0.25, 0.3) is 0 Å². The summed E-state index contributed by atoms with van der Waals surface area (Å²) in [5, 5.41) is 3.87. The van der Waals surface area contributed by atoms with Crippen LogP contribution in [0.2, 0.25) is 0 Å². The van der Waals surface area contributed by atoms with E-state index in [9.17, 15) is 0 Å². The summed E-state index contributed by atoms with van der Waals surface area (Å²) in [6.45, 7) is 10.7. The molecule has 2 aliphatic rings. The van der Waals surface area contributed by atoms with Gasteiger partial charge in [0.25, 0.3) is 0 Å². The summed E-state index contributed by atoms with van der Waals surface area (Å²) in [6, 6.07) is 9.60. The molecule has 1 aliphatic heterocycles. The minimum Gasteiger partial charge on any atom is -0.379 e. The second-order valence-corrected chi connectivity index (χ2v) is 7.45. The van der Waals surface area contributed by atoms with E-state index in [4.69, 9.17) is 4.74 Å². The molecule has 0 amide bonds. The van der Waals surface area contributed by atoms with Crippen molar-refractivity contribution >= 4 is 0 Å². The highest BCUT2D eigenvalue weighted by Gasteiger charge is 2.27. The number of nitrogens with one attached hydrogen (secondary N) is 1. The van der Waals surface area contributed by atoms with Crippen molar-refractivity contribution in [1.82, 2.24) is 10.2 Å². The highest BCUT2D eigenvalue weighted by Crippen LogP contribution is 2.29. The van der Waals surface area contributed by atoms with Crippen LogP contribution >= 0.6 is 0 Å². The highest BCUT2D eigenvalue weighted by atomic mass is 16.5. The predicted octanol–water partition coefficient (Wildman–Crippen LogP) is 3.43. The molecular weight excluding hydrogens is 284 g/mol.